The number of amides is 1. The fourth-order valence-electron chi connectivity index (χ4n) is 5.10. The Morgan fingerprint density at radius 2 is 1.94 bits per heavy atom. The van der Waals surface area contributed by atoms with Crippen LogP contribution in [0, 0.1) is 13.8 Å². The highest BCUT2D eigenvalue weighted by molar-refractivity contribution is 7.26. The molecule has 0 saturated carbocycles. The Kier molecular flexibility index (Phi) is 5.90. The van der Waals surface area contributed by atoms with Crippen molar-refractivity contribution in [2.75, 3.05) is 24.5 Å². The fourth-order valence-corrected chi connectivity index (χ4v) is 6.24. The third-order valence-electron chi connectivity index (χ3n) is 6.84. The van der Waals surface area contributed by atoms with Crippen LogP contribution in [0.4, 0.5) is 5.69 Å². The Bertz CT molecular complexity index is 1440. The third kappa shape index (κ3) is 3.78. The lowest BCUT2D eigenvalue weighted by molar-refractivity contribution is -0.136. The molecule has 2 aromatic heterocycles. The quantitative estimate of drug-likeness (QED) is 0.421. The molecular formula is C27H30N4O2S. The Hall–Kier alpha value is -3.19. The van der Waals surface area contributed by atoms with Crippen LogP contribution in [0.25, 0.3) is 20.2 Å². The highest BCUT2D eigenvalue weighted by Gasteiger charge is 2.32. The van der Waals surface area contributed by atoms with E-state index in [-0.39, 0.29) is 17.5 Å². The van der Waals surface area contributed by atoms with Gasteiger partial charge < -0.3 is 9.80 Å². The summed E-state index contributed by atoms with van der Waals surface area (Å²) in [6.45, 7) is 10.1. The van der Waals surface area contributed by atoms with E-state index in [2.05, 4.69) is 48.1 Å². The number of carbonyl (C=O) groups excluding carboxylic acids is 1. The molecule has 0 radical (unpaired) electrons. The van der Waals surface area contributed by atoms with Crippen molar-refractivity contribution in [2.24, 2.45) is 0 Å². The summed E-state index contributed by atoms with van der Waals surface area (Å²) in [6, 6.07) is 16.0. The van der Waals surface area contributed by atoms with Gasteiger partial charge in [0.25, 0.3) is 5.56 Å². The molecule has 0 aliphatic carbocycles. The van der Waals surface area contributed by atoms with Crippen molar-refractivity contribution in [1.82, 2.24) is 14.7 Å². The Morgan fingerprint density at radius 3 is 2.68 bits per heavy atom. The van der Waals surface area contributed by atoms with Gasteiger partial charge in [-0.15, -0.1) is 11.3 Å². The zero-order valence-electron chi connectivity index (χ0n) is 20.1. The van der Waals surface area contributed by atoms with E-state index in [4.69, 9.17) is 0 Å². The molecule has 5 rings (SSSR count). The number of piperazine rings is 1. The molecule has 4 aromatic rings. The summed E-state index contributed by atoms with van der Waals surface area (Å²) in [6.07, 6.45) is 0.519. The van der Waals surface area contributed by atoms with Crippen LogP contribution in [-0.4, -0.2) is 46.3 Å². The summed E-state index contributed by atoms with van der Waals surface area (Å²) in [4.78, 5) is 31.6. The van der Waals surface area contributed by atoms with Crippen molar-refractivity contribution < 1.29 is 4.79 Å². The second-order valence-electron chi connectivity index (χ2n) is 9.23. The summed E-state index contributed by atoms with van der Waals surface area (Å²) >= 11 is 1.59. The average Bonchev–Trinajstić information content (AvgIpc) is 3.23. The number of aryl methyl sites for hydroxylation is 2. The number of hydrogen-bond donors (Lipinski definition) is 0. The first-order chi connectivity index (χ1) is 16.4. The predicted molar refractivity (Wildman–Crippen MR) is 140 cm³/mol. The van der Waals surface area contributed by atoms with E-state index in [0.29, 0.717) is 24.9 Å². The lowest BCUT2D eigenvalue weighted by Crippen LogP contribution is -2.55. The molecule has 2 aromatic carbocycles. The van der Waals surface area contributed by atoms with E-state index < -0.39 is 6.04 Å². The van der Waals surface area contributed by atoms with Gasteiger partial charge in [-0.3, -0.25) is 9.59 Å². The molecule has 1 aliphatic heterocycles. The second kappa shape index (κ2) is 8.87. The lowest BCUT2D eigenvalue weighted by atomic mass is 10.1. The number of rotatable bonds is 4. The van der Waals surface area contributed by atoms with Crippen LogP contribution in [0.15, 0.2) is 53.3 Å². The summed E-state index contributed by atoms with van der Waals surface area (Å²) in [5.41, 5.74) is 3.03. The monoisotopic (exact) mass is 474 g/mol. The van der Waals surface area contributed by atoms with Crippen LogP contribution in [0.5, 0.6) is 0 Å². The van der Waals surface area contributed by atoms with E-state index in [1.54, 1.807) is 11.3 Å². The maximum Gasteiger partial charge on any atom is 0.276 e. The number of thiophene rings is 1. The number of nitrogens with zero attached hydrogens (tertiary/aromatic N) is 4. The fraction of sp³-hybridized carbons (Fsp3) is 0.370. The van der Waals surface area contributed by atoms with Gasteiger partial charge in [0.1, 0.15) is 6.04 Å². The maximum absolute atomic E-state index is 13.7. The molecule has 1 fully saturated rings. The molecule has 0 bridgehead atoms. The predicted octanol–water partition coefficient (Wildman–Crippen LogP) is 4.92. The molecule has 7 heteroatoms. The van der Waals surface area contributed by atoms with E-state index >= 15 is 0 Å². The van der Waals surface area contributed by atoms with E-state index in [1.807, 2.05) is 43.0 Å². The minimum absolute atomic E-state index is 0.0221. The molecule has 6 nitrogen and oxygen atoms in total. The highest BCUT2D eigenvalue weighted by atomic mass is 32.1. The molecule has 0 N–H and O–H groups in total. The van der Waals surface area contributed by atoms with Gasteiger partial charge in [0.15, 0.2) is 0 Å². The van der Waals surface area contributed by atoms with Gasteiger partial charge in [-0.1, -0.05) is 37.3 Å². The van der Waals surface area contributed by atoms with Gasteiger partial charge in [0.05, 0.1) is 15.8 Å². The first-order valence-corrected chi connectivity index (χ1v) is 12.7. The van der Waals surface area contributed by atoms with Gasteiger partial charge in [-0.25, -0.2) is 4.68 Å². The third-order valence-corrected chi connectivity index (χ3v) is 8.12. The van der Waals surface area contributed by atoms with E-state index in [1.165, 1.54) is 15.9 Å². The number of hydrogen-bond acceptors (Lipinski definition) is 5. The number of aromatic nitrogens is 2. The first kappa shape index (κ1) is 22.6. The van der Waals surface area contributed by atoms with Crippen molar-refractivity contribution in [2.45, 2.75) is 46.2 Å². The Labute approximate surface area is 203 Å². The number of anilines is 1. The molecule has 0 unspecified atom stereocenters. The largest absolute Gasteiger partial charge is 0.365 e. The lowest BCUT2D eigenvalue weighted by Gasteiger charge is -2.42. The smallest absolute Gasteiger partial charge is 0.276 e. The highest BCUT2D eigenvalue weighted by Crippen LogP contribution is 2.33. The van der Waals surface area contributed by atoms with Crippen LogP contribution in [0.3, 0.4) is 0 Å². The molecule has 34 heavy (non-hydrogen) atoms. The van der Waals surface area contributed by atoms with Crippen molar-refractivity contribution in [3.63, 3.8) is 0 Å². The summed E-state index contributed by atoms with van der Waals surface area (Å²) in [5, 5.41) is 6.25. The minimum atomic E-state index is -0.605. The normalized spacial score (nSPS) is 17.5. The van der Waals surface area contributed by atoms with Crippen LogP contribution >= 0.6 is 11.3 Å². The molecule has 3 heterocycles. The van der Waals surface area contributed by atoms with Crippen LogP contribution < -0.4 is 10.5 Å². The van der Waals surface area contributed by atoms with Crippen LogP contribution in [0.2, 0.25) is 0 Å². The van der Waals surface area contributed by atoms with Gasteiger partial charge in [0, 0.05) is 41.4 Å². The zero-order valence-corrected chi connectivity index (χ0v) is 20.9. The van der Waals surface area contributed by atoms with Crippen molar-refractivity contribution in [3.05, 3.63) is 70.1 Å². The summed E-state index contributed by atoms with van der Waals surface area (Å²) < 4.78 is 3.42. The maximum atomic E-state index is 13.7. The molecule has 176 valence electrons. The topological polar surface area (TPSA) is 58.4 Å². The van der Waals surface area contributed by atoms with Crippen molar-refractivity contribution >= 4 is 43.1 Å². The second-order valence-corrected chi connectivity index (χ2v) is 10.3. The van der Waals surface area contributed by atoms with Gasteiger partial charge in [-0.05, 0) is 51.0 Å². The molecule has 1 saturated heterocycles. The van der Waals surface area contributed by atoms with E-state index in [0.717, 1.165) is 27.0 Å². The van der Waals surface area contributed by atoms with Crippen LogP contribution in [0.1, 0.15) is 37.6 Å². The molecular weight excluding hydrogens is 444 g/mol. The van der Waals surface area contributed by atoms with E-state index in [9.17, 15) is 9.59 Å². The summed E-state index contributed by atoms with van der Waals surface area (Å²) in [5.74, 6) is -0.0221. The number of carbonyl (C=O) groups is 1. The van der Waals surface area contributed by atoms with Gasteiger partial charge in [0.2, 0.25) is 5.91 Å². The molecule has 2 atom stereocenters. The first-order valence-electron chi connectivity index (χ1n) is 11.9. The Morgan fingerprint density at radius 1 is 1.15 bits per heavy atom. The van der Waals surface area contributed by atoms with Crippen molar-refractivity contribution in [1.29, 1.82) is 0 Å². The molecule has 1 amide bonds. The van der Waals surface area contributed by atoms with Gasteiger partial charge >= 0.3 is 0 Å². The summed E-state index contributed by atoms with van der Waals surface area (Å²) in [7, 11) is 0. The average molecular weight is 475 g/mol. The number of fused-ring (bicyclic) bond motifs is 3. The minimum Gasteiger partial charge on any atom is -0.365 e. The Balaban J connectivity index is 1.45. The molecule has 0 spiro atoms. The zero-order chi connectivity index (χ0) is 24.0. The van der Waals surface area contributed by atoms with Crippen LogP contribution in [-0.2, 0) is 4.79 Å². The number of benzene rings is 2. The van der Waals surface area contributed by atoms with Gasteiger partial charge in [-0.2, -0.15) is 5.10 Å². The standard InChI is InChI=1S/C27H30N4O2S/c1-5-22(26(32)29-13-14-30(18(3)16-29)20-10-8-9-17(2)15-20)31-27(33)24-21-11-6-7-12-23(21)34-25(24)19(4)28-31/h6-12,15,18,22H,5,13-14,16H2,1-4H3/t18-,22-/m0/s1. The van der Waals surface area contributed by atoms with Crippen molar-refractivity contribution in [3.8, 4) is 0 Å². The molecule has 1 aliphatic rings. The SMILES string of the molecule is CC[C@@H](C(=O)N1CCN(c2cccc(C)c2)[C@@H](C)C1)n1nc(C)c2sc3ccccc3c2c1=O.